The highest BCUT2D eigenvalue weighted by atomic mass is 14.8. The molecule has 0 bridgehead atoms. The van der Waals surface area contributed by atoms with E-state index in [-0.39, 0.29) is 0 Å². The molecule has 0 N–H and O–H groups in total. The molecule has 0 unspecified atom stereocenters. The predicted molar refractivity (Wildman–Crippen MR) is 297 cm³/mol. The van der Waals surface area contributed by atoms with Crippen LogP contribution < -0.4 is 0 Å². The SMILES string of the molecule is c1ccc(-c2cccc(-c3ccc(-c4ccccc4-c4cc(-c5ccccc5-c5ccc(-c6ncccn6)cc5)cc(-c5ccccc5-c5ccc(-c6cccc(-c7ccccc7)c6)nc5)c4)cn3)c2)cc1. The maximum atomic E-state index is 5.07. The van der Waals surface area contributed by atoms with Crippen LogP contribution in [0.15, 0.2) is 280 Å². The van der Waals surface area contributed by atoms with Crippen molar-refractivity contribution in [2.75, 3.05) is 0 Å². The number of aromatic nitrogens is 4. The van der Waals surface area contributed by atoms with Crippen molar-refractivity contribution in [1.82, 2.24) is 19.9 Å². The molecule has 0 aliphatic rings. The Bertz CT molecular complexity index is 3630. The second-order valence-electron chi connectivity index (χ2n) is 17.8. The van der Waals surface area contributed by atoms with E-state index < -0.39 is 0 Å². The van der Waals surface area contributed by atoms with E-state index >= 15 is 0 Å². The van der Waals surface area contributed by atoms with Crippen LogP contribution in [-0.4, -0.2) is 19.9 Å². The lowest BCUT2D eigenvalue weighted by Gasteiger charge is -2.18. The molecule has 3 aromatic heterocycles. The Morgan fingerprint density at radius 1 is 0.181 bits per heavy atom. The van der Waals surface area contributed by atoms with Crippen LogP contribution in [0.1, 0.15) is 0 Å². The number of pyridine rings is 2. The molecule has 0 saturated heterocycles. The van der Waals surface area contributed by atoms with E-state index in [0.29, 0.717) is 5.82 Å². The molecule has 12 rings (SSSR count). The van der Waals surface area contributed by atoms with Gasteiger partial charge in [0.2, 0.25) is 0 Å². The molecule has 72 heavy (non-hydrogen) atoms. The minimum Gasteiger partial charge on any atom is -0.256 e. The standard InChI is InChI=1S/C68H46N4/c1-3-16-47(17-4-1)51-20-13-22-53(40-51)66-36-34-55(45-71-66)61-25-8-11-28-64(61)58-42-57(63-27-10-7-24-60(63)49-30-32-50(33-31-49)68-69-38-15-39-70-68)43-59(44-58)65-29-12-9-26-62(65)56-35-37-67(72-46-56)54-23-14-21-52(41-54)48-18-5-2-6-19-48/h1-46H. The molecule has 0 saturated carbocycles. The smallest absolute Gasteiger partial charge is 0.159 e. The molecule has 12 aromatic rings. The van der Waals surface area contributed by atoms with Crippen molar-refractivity contribution < 1.29 is 0 Å². The first-order valence-electron chi connectivity index (χ1n) is 24.2. The molecule has 4 heteroatoms. The average molecular weight is 919 g/mol. The van der Waals surface area contributed by atoms with Gasteiger partial charge in [0.05, 0.1) is 11.4 Å². The van der Waals surface area contributed by atoms with E-state index in [4.69, 9.17) is 9.97 Å². The van der Waals surface area contributed by atoms with Crippen LogP contribution in [0.25, 0.3) is 123 Å². The van der Waals surface area contributed by atoms with Crippen molar-refractivity contribution in [3.63, 3.8) is 0 Å². The third-order valence-corrected chi connectivity index (χ3v) is 13.3. The van der Waals surface area contributed by atoms with Gasteiger partial charge in [-0.1, -0.05) is 206 Å². The Balaban J connectivity index is 0.956. The van der Waals surface area contributed by atoms with Gasteiger partial charge in [0.25, 0.3) is 0 Å². The second-order valence-corrected chi connectivity index (χ2v) is 17.8. The first-order chi connectivity index (χ1) is 35.7. The van der Waals surface area contributed by atoms with Crippen LogP contribution in [0, 0.1) is 0 Å². The Morgan fingerprint density at radius 2 is 0.500 bits per heavy atom. The topological polar surface area (TPSA) is 51.6 Å². The van der Waals surface area contributed by atoms with Crippen molar-refractivity contribution in [3.05, 3.63) is 280 Å². The molecule has 0 spiro atoms. The molecule has 9 aromatic carbocycles. The third-order valence-electron chi connectivity index (χ3n) is 13.3. The molecule has 338 valence electrons. The summed E-state index contributed by atoms with van der Waals surface area (Å²) in [5, 5.41) is 0. The minimum atomic E-state index is 0.705. The lowest BCUT2D eigenvalue weighted by molar-refractivity contribution is 1.18. The van der Waals surface area contributed by atoms with Crippen LogP contribution in [0.3, 0.4) is 0 Å². The van der Waals surface area contributed by atoms with Crippen LogP contribution in [0.5, 0.6) is 0 Å². The summed E-state index contributed by atoms with van der Waals surface area (Å²) in [6.45, 7) is 0. The number of nitrogens with zero attached hydrogens (tertiary/aromatic N) is 4. The van der Waals surface area contributed by atoms with Gasteiger partial charge in [-0.3, -0.25) is 9.97 Å². The van der Waals surface area contributed by atoms with Crippen LogP contribution in [-0.2, 0) is 0 Å². The van der Waals surface area contributed by atoms with Gasteiger partial charge in [-0.15, -0.1) is 0 Å². The third kappa shape index (κ3) is 9.04. The van der Waals surface area contributed by atoms with Gasteiger partial charge < -0.3 is 0 Å². The number of hydrogen-bond donors (Lipinski definition) is 0. The largest absolute Gasteiger partial charge is 0.256 e. The fourth-order valence-electron chi connectivity index (χ4n) is 9.73. The van der Waals surface area contributed by atoms with Gasteiger partial charge in [0.15, 0.2) is 5.82 Å². The molecule has 0 amide bonds. The van der Waals surface area contributed by atoms with Crippen LogP contribution >= 0.6 is 0 Å². The highest BCUT2D eigenvalue weighted by Crippen LogP contribution is 2.43. The van der Waals surface area contributed by atoms with Crippen molar-refractivity contribution in [3.8, 4) is 123 Å². The molecule has 3 heterocycles. The maximum Gasteiger partial charge on any atom is 0.159 e. The molecule has 0 aliphatic heterocycles. The molecule has 0 fully saturated rings. The van der Waals surface area contributed by atoms with Crippen LogP contribution in [0.2, 0.25) is 0 Å². The van der Waals surface area contributed by atoms with Crippen LogP contribution in [0.4, 0.5) is 0 Å². The second kappa shape index (κ2) is 19.8. The molecular formula is C68H46N4. The van der Waals surface area contributed by atoms with Gasteiger partial charge in [-0.2, -0.15) is 0 Å². The number of benzene rings is 9. The summed E-state index contributed by atoms with van der Waals surface area (Å²) in [7, 11) is 0. The Labute approximate surface area is 420 Å². The first-order valence-corrected chi connectivity index (χ1v) is 24.2. The van der Waals surface area contributed by atoms with Gasteiger partial charge in [-0.25, -0.2) is 9.97 Å². The lowest BCUT2D eigenvalue weighted by Crippen LogP contribution is -1.93. The molecule has 0 atom stereocenters. The number of hydrogen-bond acceptors (Lipinski definition) is 4. The van der Waals surface area contributed by atoms with E-state index in [1.165, 1.54) is 22.3 Å². The first kappa shape index (κ1) is 43.6. The summed E-state index contributed by atoms with van der Waals surface area (Å²) in [4.78, 5) is 19.1. The van der Waals surface area contributed by atoms with Crippen molar-refractivity contribution in [1.29, 1.82) is 0 Å². The summed E-state index contributed by atoms with van der Waals surface area (Å²) >= 11 is 0. The van der Waals surface area contributed by atoms with Gasteiger partial charge in [0, 0.05) is 52.6 Å². The van der Waals surface area contributed by atoms with Crippen molar-refractivity contribution >= 4 is 0 Å². The van der Waals surface area contributed by atoms with Gasteiger partial charge in [0.1, 0.15) is 0 Å². The normalized spacial score (nSPS) is 11.1. The fraction of sp³-hybridized carbons (Fsp3) is 0. The van der Waals surface area contributed by atoms with Crippen molar-refractivity contribution in [2.45, 2.75) is 0 Å². The average Bonchev–Trinajstić information content (AvgIpc) is 3.48. The Morgan fingerprint density at radius 3 is 0.903 bits per heavy atom. The fourth-order valence-corrected chi connectivity index (χ4v) is 9.73. The monoisotopic (exact) mass is 918 g/mol. The lowest BCUT2D eigenvalue weighted by atomic mass is 9.86. The maximum absolute atomic E-state index is 5.07. The Hall–Kier alpha value is -9.64. The van der Waals surface area contributed by atoms with E-state index in [1.807, 2.05) is 30.6 Å². The van der Waals surface area contributed by atoms with Gasteiger partial charge >= 0.3 is 0 Å². The molecule has 4 nitrogen and oxygen atoms in total. The summed E-state index contributed by atoms with van der Waals surface area (Å²) in [5.74, 6) is 0.705. The highest BCUT2D eigenvalue weighted by Gasteiger charge is 2.17. The summed E-state index contributed by atoms with van der Waals surface area (Å²) < 4.78 is 0. The van der Waals surface area contributed by atoms with E-state index in [1.54, 1.807) is 12.4 Å². The highest BCUT2D eigenvalue weighted by molar-refractivity contribution is 5.94. The van der Waals surface area contributed by atoms with Crippen molar-refractivity contribution in [2.24, 2.45) is 0 Å². The zero-order valence-electron chi connectivity index (χ0n) is 39.3. The number of rotatable bonds is 11. The molecular weight excluding hydrogens is 873 g/mol. The predicted octanol–water partition coefficient (Wildman–Crippen LogP) is 17.6. The van der Waals surface area contributed by atoms with E-state index in [2.05, 4.69) is 247 Å². The summed E-state index contributed by atoms with van der Waals surface area (Å²) in [5.41, 5.74) is 22.9. The van der Waals surface area contributed by atoms with Gasteiger partial charge in [-0.05, 0) is 126 Å². The van der Waals surface area contributed by atoms with E-state index in [0.717, 1.165) is 94.8 Å². The minimum absolute atomic E-state index is 0.705. The molecule has 0 radical (unpaired) electrons. The van der Waals surface area contributed by atoms with E-state index in [9.17, 15) is 0 Å². The Kier molecular flexibility index (Phi) is 12.0. The zero-order valence-corrected chi connectivity index (χ0v) is 39.3. The zero-order chi connectivity index (χ0) is 48.1. The molecule has 0 aliphatic carbocycles. The summed E-state index contributed by atoms with van der Waals surface area (Å²) in [6, 6.07) is 90.3. The quantitative estimate of drug-likeness (QED) is 0.130. The summed E-state index contributed by atoms with van der Waals surface area (Å²) in [6.07, 6.45) is 7.58.